The molecule has 3 aromatic carbocycles. The van der Waals surface area contributed by atoms with E-state index in [2.05, 4.69) is 10.0 Å². The standard InChI is InChI=1S/C21H19FN2O5S/c1-28-16-8-10-17(11-9-16)29-14-21(25)23-15-6-12-18(13-7-15)30(26,27)24-20-5-3-2-4-19(20)22/h2-13,24H,14H2,1H3,(H,23,25). The molecular formula is C21H19FN2O5S. The summed E-state index contributed by atoms with van der Waals surface area (Å²) in [5.74, 6) is 0.0886. The highest BCUT2D eigenvalue weighted by atomic mass is 32.2. The van der Waals surface area contributed by atoms with E-state index in [-0.39, 0.29) is 17.2 Å². The molecule has 156 valence electrons. The van der Waals surface area contributed by atoms with Crippen molar-refractivity contribution >= 4 is 27.3 Å². The largest absolute Gasteiger partial charge is 0.497 e. The first-order chi connectivity index (χ1) is 14.4. The third-order valence-electron chi connectivity index (χ3n) is 4.00. The summed E-state index contributed by atoms with van der Waals surface area (Å²) in [7, 11) is -2.42. The summed E-state index contributed by atoms with van der Waals surface area (Å²) in [6.45, 7) is -0.221. The summed E-state index contributed by atoms with van der Waals surface area (Å²) >= 11 is 0. The van der Waals surface area contributed by atoms with Crippen LogP contribution in [0.15, 0.2) is 77.7 Å². The molecule has 9 heteroatoms. The molecule has 0 saturated heterocycles. The second-order valence-electron chi connectivity index (χ2n) is 6.12. The minimum atomic E-state index is -3.97. The average Bonchev–Trinajstić information content (AvgIpc) is 2.74. The Morgan fingerprint density at radius 3 is 2.20 bits per heavy atom. The Hall–Kier alpha value is -3.59. The molecule has 3 rings (SSSR count). The van der Waals surface area contributed by atoms with Crippen LogP contribution in [0, 0.1) is 5.82 Å². The Bertz CT molecular complexity index is 1120. The molecular weight excluding hydrogens is 411 g/mol. The minimum Gasteiger partial charge on any atom is -0.497 e. The fraction of sp³-hybridized carbons (Fsp3) is 0.0952. The SMILES string of the molecule is COc1ccc(OCC(=O)Nc2ccc(S(=O)(=O)Nc3ccccc3F)cc2)cc1. The lowest BCUT2D eigenvalue weighted by atomic mass is 10.3. The first kappa shape index (κ1) is 21.1. The third kappa shape index (κ3) is 5.48. The van der Waals surface area contributed by atoms with Crippen LogP contribution in [0.4, 0.5) is 15.8 Å². The van der Waals surface area contributed by atoms with Crippen molar-refractivity contribution in [2.45, 2.75) is 4.90 Å². The van der Waals surface area contributed by atoms with Crippen LogP contribution in [0.1, 0.15) is 0 Å². The zero-order valence-electron chi connectivity index (χ0n) is 16.0. The second-order valence-corrected chi connectivity index (χ2v) is 7.80. The number of carbonyl (C=O) groups is 1. The van der Waals surface area contributed by atoms with Gasteiger partial charge in [-0.05, 0) is 60.7 Å². The number of halogens is 1. The molecule has 0 atom stereocenters. The molecule has 3 aromatic rings. The molecule has 0 saturated carbocycles. The maximum absolute atomic E-state index is 13.7. The summed E-state index contributed by atoms with van der Waals surface area (Å²) in [6.07, 6.45) is 0. The minimum absolute atomic E-state index is 0.0711. The van der Waals surface area contributed by atoms with E-state index in [1.54, 1.807) is 31.4 Å². The maximum atomic E-state index is 13.7. The molecule has 30 heavy (non-hydrogen) atoms. The first-order valence-corrected chi connectivity index (χ1v) is 10.3. The maximum Gasteiger partial charge on any atom is 0.262 e. The predicted molar refractivity (Wildman–Crippen MR) is 111 cm³/mol. The number of hydrogen-bond donors (Lipinski definition) is 2. The zero-order valence-corrected chi connectivity index (χ0v) is 16.8. The molecule has 0 aliphatic carbocycles. The number of para-hydroxylation sites is 1. The van der Waals surface area contributed by atoms with Gasteiger partial charge in [0.05, 0.1) is 17.7 Å². The van der Waals surface area contributed by atoms with Gasteiger partial charge in [0.15, 0.2) is 6.61 Å². The van der Waals surface area contributed by atoms with E-state index in [4.69, 9.17) is 9.47 Å². The molecule has 0 radical (unpaired) electrons. The molecule has 0 heterocycles. The number of rotatable bonds is 8. The van der Waals surface area contributed by atoms with Crippen LogP contribution in [-0.4, -0.2) is 28.0 Å². The van der Waals surface area contributed by atoms with Gasteiger partial charge in [-0.2, -0.15) is 0 Å². The van der Waals surface area contributed by atoms with Crippen LogP contribution in [0.25, 0.3) is 0 Å². The lowest BCUT2D eigenvalue weighted by Crippen LogP contribution is -2.20. The molecule has 0 aromatic heterocycles. The van der Waals surface area contributed by atoms with Crippen molar-refractivity contribution in [1.82, 2.24) is 0 Å². The second kappa shape index (κ2) is 9.27. The fourth-order valence-electron chi connectivity index (χ4n) is 2.48. The highest BCUT2D eigenvalue weighted by Crippen LogP contribution is 2.20. The molecule has 1 amide bonds. The third-order valence-corrected chi connectivity index (χ3v) is 5.38. The molecule has 0 fully saturated rings. The Kier molecular flexibility index (Phi) is 6.53. The number of methoxy groups -OCH3 is 1. The summed E-state index contributed by atoms with van der Waals surface area (Å²) < 4.78 is 51.1. The van der Waals surface area contributed by atoms with Crippen LogP contribution in [0.3, 0.4) is 0 Å². The van der Waals surface area contributed by atoms with Crippen molar-refractivity contribution in [3.63, 3.8) is 0 Å². The lowest BCUT2D eigenvalue weighted by molar-refractivity contribution is -0.118. The van der Waals surface area contributed by atoms with Crippen molar-refractivity contribution in [1.29, 1.82) is 0 Å². The van der Waals surface area contributed by atoms with E-state index in [9.17, 15) is 17.6 Å². The molecule has 0 aliphatic heterocycles. The molecule has 0 spiro atoms. The fourth-order valence-corrected chi connectivity index (χ4v) is 3.55. The van der Waals surface area contributed by atoms with Crippen molar-refractivity contribution in [2.75, 3.05) is 23.8 Å². The number of carbonyl (C=O) groups excluding carboxylic acids is 1. The van der Waals surface area contributed by atoms with Crippen molar-refractivity contribution in [3.8, 4) is 11.5 Å². The van der Waals surface area contributed by atoms with E-state index in [1.165, 1.54) is 42.5 Å². The van der Waals surface area contributed by atoms with Crippen molar-refractivity contribution in [3.05, 3.63) is 78.6 Å². The highest BCUT2D eigenvalue weighted by Gasteiger charge is 2.16. The average molecular weight is 430 g/mol. The van der Waals surface area contributed by atoms with Gasteiger partial charge in [-0.15, -0.1) is 0 Å². The first-order valence-electron chi connectivity index (χ1n) is 8.81. The van der Waals surface area contributed by atoms with Crippen molar-refractivity contribution in [2.24, 2.45) is 0 Å². The van der Waals surface area contributed by atoms with Gasteiger partial charge in [-0.1, -0.05) is 12.1 Å². The number of sulfonamides is 1. The van der Waals surface area contributed by atoms with Crippen LogP contribution < -0.4 is 19.5 Å². The Morgan fingerprint density at radius 1 is 0.933 bits per heavy atom. The Labute approximate surface area is 173 Å². The highest BCUT2D eigenvalue weighted by molar-refractivity contribution is 7.92. The van der Waals surface area contributed by atoms with E-state index in [0.717, 1.165) is 6.07 Å². The Balaban J connectivity index is 1.58. The molecule has 0 unspecified atom stereocenters. The predicted octanol–water partition coefficient (Wildman–Crippen LogP) is 3.65. The summed E-state index contributed by atoms with van der Waals surface area (Å²) in [4.78, 5) is 12.0. The smallest absolute Gasteiger partial charge is 0.262 e. The number of benzene rings is 3. The number of hydrogen-bond acceptors (Lipinski definition) is 5. The summed E-state index contributed by atoms with van der Waals surface area (Å²) in [5.41, 5.74) is 0.244. The lowest BCUT2D eigenvalue weighted by Gasteiger charge is -2.10. The molecule has 0 bridgehead atoms. The number of ether oxygens (including phenoxy) is 2. The van der Waals surface area contributed by atoms with Gasteiger partial charge in [-0.3, -0.25) is 9.52 Å². The normalized spacial score (nSPS) is 10.9. The zero-order chi connectivity index (χ0) is 21.6. The Morgan fingerprint density at radius 2 is 1.57 bits per heavy atom. The van der Waals surface area contributed by atoms with Crippen LogP contribution in [0.2, 0.25) is 0 Å². The van der Waals surface area contributed by atoms with Crippen LogP contribution in [0.5, 0.6) is 11.5 Å². The molecule has 2 N–H and O–H groups in total. The van der Waals surface area contributed by atoms with Crippen molar-refractivity contribution < 1.29 is 27.1 Å². The van der Waals surface area contributed by atoms with Gasteiger partial charge in [0.1, 0.15) is 17.3 Å². The topological polar surface area (TPSA) is 93.7 Å². The van der Waals surface area contributed by atoms with Gasteiger partial charge >= 0.3 is 0 Å². The van der Waals surface area contributed by atoms with Crippen LogP contribution >= 0.6 is 0 Å². The summed E-state index contributed by atoms with van der Waals surface area (Å²) in [6, 6.07) is 17.7. The van der Waals surface area contributed by atoms with Crippen LogP contribution in [-0.2, 0) is 14.8 Å². The van der Waals surface area contributed by atoms with Gasteiger partial charge in [0, 0.05) is 5.69 Å². The molecule has 7 nitrogen and oxygen atoms in total. The van der Waals surface area contributed by atoms with Gasteiger partial charge in [0.25, 0.3) is 15.9 Å². The number of nitrogens with one attached hydrogen (secondary N) is 2. The van der Waals surface area contributed by atoms with E-state index < -0.39 is 21.7 Å². The number of anilines is 2. The summed E-state index contributed by atoms with van der Waals surface area (Å²) in [5, 5.41) is 2.61. The quantitative estimate of drug-likeness (QED) is 0.569. The molecule has 0 aliphatic rings. The monoisotopic (exact) mass is 430 g/mol. The van der Waals surface area contributed by atoms with E-state index in [0.29, 0.717) is 17.2 Å². The number of amides is 1. The van der Waals surface area contributed by atoms with E-state index >= 15 is 0 Å². The van der Waals surface area contributed by atoms with Gasteiger partial charge in [-0.25, -0.2) is 12.8 Å². The van der Waals surface area contributed by atoms with Gasteiger partial charge in [0.2, 0.25) is 0 Å². The van der Waals surface area contributed by atoms with Gasteiger partial charge < -0.3 is 14.8 Å². The van der Waals surface area contributed by atoms with E-state index in [1.807, 2.05) is 0 Å².